The molecule has 4 aromatic rings. The van der Waals surface area contributed by atoms with Crippen molar-refractivity contribution in [3.8, 4) is 22.9 Å². The molecular weight excluding hydrogens is 578 g/mol. The molecule has 11 heteroatoms. The summed E-state index contributed by atoms with van der Waals surface area (Å²) in [4.78, 5) is 25.2. The first-order valence-electron chi connectivity index (χ1n) is 14.7. The standard InChI is InChI=1S/C33H39N5O5S/c1-6-37(7-2)33(39)25-15-13-23(14-16-25)31-28-20-30(43-44(40,41)36(3)4)29(42-5)19-26(28)17-18-38(31)22-27-21-34-32(35-27)24-11-9-8-10-12-24/h8-16,19-21,31H,6-7,17-18,22H2,1-5H3,(H,34,35). The lowest BCUT2D eigenvalue weighted by Crippen LogP contribution is -2.36. The number of hydrogen-bond donors (Lipinski definition) is 1. The van der Waals surface area contributed by atoms with Crippen LogP contribution in [0.5, 0.6) is 11.5 Å². The van der Waals surface area contributed by atoms with Gasteiger partial charge in [0.2, 0.25) is 0 Å². The number of carbonyl (C=O) groups excluding carboxylic acids is 1. The van der Waals surface area contributed by atoms with Crippen LogP contribution in [0.2, 0.25) is 0 Å². The van der Waals surface area contributed by atoms with E-state index < -0.39 is 10.3 Å². The number of H-pyrrole nitrogens is 1. The summed E-state index contributed by atoms with van der Waals surface area (Å²) in [6, 6.07) is 21.0. The first kappa shape index (κ1) is 31.2. The van der Waals surface area contributed by atoms with E-state index in [1.807, 2.05) is 80.7 Å². The third kappa shape index (κ3) is 6.50. The number of nitrogens with zero attached hydrogens (tertiary/aromatic N) is 4. The number of ether oxygens (including phenoxy) is 1. The summed E-state index contributed by atoms with van der Waals surface area (Å²) in [5.41, 5.74) is 5.49. The smallest absolute Gasteiger partial charge is 0.384 e. The van der Waals surface area contributed by atoms with E-state index in [-0.39, 0.29) is 17.7 Å². The van der Waals surface area contributed by atoms with E-state index in [9.17, 15) is 13.2 Å². The average Bonchev–Trinajstić information content (AvgIpc) is 3.50. The van der Waals surface area contributed by atoms with Crippen LogP contribution >= 0.6 is 0 Å². The number of methoxy groups -OCH3 is 1. The lowest BCUT2D eigenvalue weighted by Gasteiger charge is -2.38. The number of amides is 1. The van der Waals surface area contributed by atoms with Crippen molar-refractivity contribution in [3.63, 3.8) is 0 Å². The first-order valence-corrected chi connectivity index (χ1v) is 16.1. The Balaban J connectivity index is 1.55. The maximum Gasteiger partial charge on any atom is 0.384 e. The number of nitrogens with one attached hydrogen (secondary N) is 1. The van der Waals surface area contributed by atoms with E-state index in [0.29, 0.717) is 30.9 Å². The lowest BCUT2D eigenvalue weighted by molar-refractivity contribution is 0.0773. The summed E-state index contributed by atoms with van der Waals surface area (Å²) >= 11 is 0. The quantitative estimate of drug-likeness (QED) is 0.255. The zero-order chi connectivity index (χ0) is 31.4. The van der Waals surface area contributed by atoms with E-state index in [2.05, 4.69) is 14.9 Å². The van der Waals surface area contributed by atoms with Crippen molar-refractivity contribution < 1.29 is 22.1 Å². The molecule has 1 atom stereocenters. The van der Waals surface area contributed by atoms with Crippen LogP contribution in [0.4, 0.5) is 0 Å². The lowest BCUT2D eigenvalue weighted by atomic mass is 9.87. The molecule has 0 aliphatic carbocycles. The summed E-state index contributed by atoms with van der Waals surface area (Å²) in [5, 5.41) is 0. The summed E-state index contributed by atoms with van der Waals surface area (Å²) in [6.45, 7) is 6.51. The summed E-state index contributed by atoms with van der Waals surface area (Å²) in [6.07, 6.45) is 2.58. The van der Waals surface area contributed by atoms with E-state index in [4.69, 9.17) is 8.92 Å². The monoisotopic (exact) mass is 617 g/mol. The second-order valence-electron chi connectivity index (χ2n) is 10.9. The van der Waals surface area contributed by atoms with Crippen LogP contribution in [0.1, 0.15) is 52.6 Å². The predicted molar refractivity (Wildman–Crippen MR) is 170 cm³/mol. The molecule has 1 aliphatic heterocycles. The number of carbonyl (C=O) groups is 1. The molecule has 3 aromatic carbocycles. The van der Waals surface area contributed by atoms with Crippen molar-refractivity contribution in [1.82, 2.24) is 24.1 Å². The number of rotatable bonds is 11. The second-order valence-corrected chi connectivity index (χ2v) is 12.6. The van der Waals surface area contributed by atoms with Crippen LogP contribution in [-0.2, 0) is 23.3 Å². The minimum Gasteiger partial charge on any atom is -0.493 e. The number of hydrogen-bond acceptors (Lipinski definition) is 7. The predicted octanol–water partition coefficient (Wildman–Crippen LogP) is 4.90. The Labute approximate surface area is 259 Å². The fourth-order valence-corrected chi connectivity index (χ4v) is 6.06. The topological polar surface area (TPSA) is 108 Å². The maximum atomic E-state index is 13.0. The molecule has 5 rings (SSSR count). The molecule has 2 heterocycles. The van der Waals surface area contributed by atoms with Gasteiger partial charge in [-0.25, -0.2) is 4.98 Å². The van der Waals surface area contributed by atoms with Gasteiger partial charge in [-0.05, 0) is 61.2 Å². The van der Waals surface area contributed by atoms with Gasteiger partial charge in [0.25, 0.3) is 5.91 Å². The van der Waals surface area contributed by atoms with E-state index in [1.54, 1.807) is 11.0 Å². The minimum atomic E-state index is -4.02. The molecule has 0 fully saturated rings. The largest absolute Gasteiger partial charge is 0.493 e. The Morgan fingerprint density at radius 1 is 1.02 bits per heavy atom. The van der Waals surface area contributed by atoms with Gasteiger partial charge < -0.3 is 18.8 Å². The number of benzene rings is 3. The SMILES string of the molecule is CCN(CC)C(=O)c1ccc(C2c3cc(OS(=O)(=O)N(C)C)c(OC)cc3CCN2Cc2cnc(-c3ccccc3)[nH]2)cc1. The van der Waals surface area contributed by atoms with Gasteiger partial charge in [0, 0.05) is 63.3 Å². The fourth-order valence-electron chi connectivity index (χ4n) is 5.55. The second kappa shape index (κ2) is 13.2. The molecule has 10 nitrogen and oxygen atoms in total. The van der Waals surface area contributed by atoms with Gasteiger partial charge in [-0.3, -0.25) is 9.69 Å². The summed E-state index contributed by atoms with van der Waals surface area (Å²) in [5.74, 6) is 1.25. The van der Waals surface area contributed by atoms with Crippen LogP contribution in [0, 0.1) is 0 Å². The van der Waals surface area contributed by atoms with Gasteiger partial charge in [-0.2, -0.15) is 12.7 Å². The zero-order valence-corrected chi connectivity index (χ0v) is 26.6. The summed E-state index contributed by atoms with van der Waals surface area (Å²) in [7, 11) is 0.309. The van der Waals surface area contributed by atoms with Crippen molar-refractivity contribution in [1.29, 1.82) is 0 Å². The van der Waals surface area contributed by atoms with Crippen LogP contribution in [0.3, 0.4) is 0 Å². The molecular formula is C33H39N5O5S. The van der Waals surface area contributed by atoms with Gasteiger partial charge in [0.15, 0.2) is 11.5 Å². The third-order valence-electron chi connectivity index (χ3n) is 7.97. The Morgan fingerprint density at radius 2 is 1.73 bits per heavy atom. The Bertz CT molecular complexity index is 1700. The third-order valence-corrected chi connectivity index (χ3v) is 9.25. The molecule has 1 N–H and O–H groups in total. The normalized spacial score (nSPS) is 15.2. The maximum absolute atomic E-state index is 13.0. The van der Waals surface area contributed by atoms with Gasteiger partial charge in [0.1, 0.15) is 5.82 Å². The molecule has 1 aromatic heterocycles. The molecule has 1 amide bonds. The van der Waals surface area contributed by atoms with Crippen molar-refractivity contribution in [2.45, 2.75) is 32.9 Å². The number of aromatic nitrogens is 2. The van der Waals surface area contributed by atoms with Crippen molar-refractivity contribution in [2.75, 3.05) is 40.8 Å². The van der Waals surface area contributed by atoms with E-state index in [1.165, 1.54) is 21.2 Å². The molecule has 0 saturated heterocycles. The van der Waals surface area contributed by atoms with Crippen LogP contribution in [-0.4, -0.2) is 79.2 Å². The molecule has 1 unspecified atom stereocenters. The van der Waals surface area contributed by atoms with Gasteiger partial charge in [-0.15, -0.1) is 0 Å². The van der Waals surface area contributed by atoms with Gasteiger partial charge >= 0.3 is 10.3 Å². The molecule has 0 spiro atoms. The number of fused-ring (bicyclic) bond motifs is 1. The van der Waals surface area contributed by atoms with Gasteiger partial charge in [0.05, 0.1) is 13.2 Å². The van der Waals surface area contributed by atoms with E-state index >= 15 is 0 Å². The minimum absolute atomic E-state index is 0.0114. The van der Waals surface area contributed by atoms with Crippen molar-refractivity contribution in [3.05, 3.63) is 101 Å². The highest BCUT2D eigenvalue weighted by atomic mass is 32.2. The fraction of sp³-hybridized carbons (Fsp3) is 0.333. The molecule has 44 heavy (non-hydrogen) atoms. The Morgan fingerprint density at radius 3 is 2.36 bits per heavy atom. The Hall–Kier alpha value is -4.19. The van der Waals surface area contributed by atoms with Crippen molar-refractivity contribution >= 4 is 16.2 Å². The number of imidazole rings is 1. The highest BCUT2D eigenvalue weighted by Crippen LogP contribution is 2.42. The molecule has 1 aliphatic rings. The van der Waals surface area contributed by atoms with E-state index in [0.717, 1.165) is 51.0 Å². The molecule has 0 bridgehead atoms. The zero-order valence-electron chi connectivity index (χ0n) is 25.8. The van der Waals surface area contributed by atoms with Crippen LogP contribution in [0.25, 0.3) is 11.4 Å². The Kier molecular flexibility index (Phi) is 9.38. The molecule has 0 saturated carbocycles. The first-order chi connectivity index (χ1) is 21.1. The highest BCUT2D eigenvalue weighted by molar-refractivity contribution is 7.84. The number of aromatic amines is 1. The molecule has 232 valence electrons. The summed E-state index contributed by atoms with van der Waals surface area (Å²) < 4.78 is 37.5. The van der Waals surface area contributed by atoms with Gasteiger partial charge in [-0.1, -0.05) is 42.5 Å². The van der Waals surface area contributed by atoms with Crippen molar-refractivity contribution in [2.24, 2.45) is 0 Å². The van der Waals surface area contributed by atoms with Crippen LogP contribution in [0.15, 0.2) is 72.9 Å². The molecule has 0 radical (unpaired) electrons. The van der Waals surface area contributed by atoms with Crippen LogP contribution < -0.4 is 8.92 Å². The average molecular weight is 618 g/mol. The highest BCUT2D eigenvalue weighted by Gasteiger charge is 2.32.